The van der Waals surface area contributed by atoms with Crippen molar-refractivity contribution < 1.29 is 4.79 Å². The maximum absolute atomic E-state index is 12.9. The molecular formula is C27H33N5O. The van der Waals surface area contributed by atoms with Gasteiger partial charge in [0.2, 0.25) is 0 Å². The standard InChI is InChI=1S/C27H33N5O/c28-19-21-5-7-25(8-6-21)30-17-12-24(13-18-30)29-27(33)31-14-9-22(10-15-31)20-32-16-11-23-3-1-2-4-26(23)32/h1-8,22,24H,9-18,20H2,(H,29,33). The zero-order valence-electron chi connectivity index (χ0n) is 19.2. The van der Waals surface area contributed by atoms with Gasteiger partial charge in [0.15, 0.2) is 0 Å². The summed E-state index contributed by atoms with van der Waals surface area (Å²) >= 11 is 0. The highest BCUT2D eigenvalue weighted by molar-refractivity contribution is 5.74. The Morgan fingerprint density at radius 3 is 2.39 bits per heavy atom. The van der Waals surface area contributed by atoms with E-state index in [9.17, 15) is 4.79 Å². The van der Waals surface area contributed by atoms with Crippen LogP contribution in [-0.2, 0) is 6.42 Å². The van der Waals surface area contributed by atoms with Crippen molar-refractivity contribution in [3.63, 3.8) is 0 Å². The van der Waals surface area contributed by atoms with Crippen molar-refractivity contribution in [2.45, 2.75) is 38.1 Å². The molecule has 0 spiro atoms. The lowest BCUT2D eigenvalue weighted by Crippen LogP contribution is -2.51. The lowest BCUT2D eigenvalue weighted by atomic mass is 9.96. The fraction of sp³-hybridized carbons (Fsp3) is 0.481. The highest BCUT2D eigenvalue weighted by Crippen LogP contribution is 2.30. The summed E-state index contributed by atoms with van der Waals surface area (Å²) in [4.78, 5) is 19.8. The number of rotatable bonds is 4. The molecule has 3 aliphatic rings. The first-order valence-corrected chi connectivity index (χ1v) is 12.3. The minimum atomic E-state index is 0.108. The molecule has 3 aliphatic heterocycles. The number of benzene rings is 2. The zero-order valence-corrected chi connectivity index (χ0v) is 19.2. The van der Waals surface area contributed by atoms with E-state index in [0.717, 1.165) is 77.1 Å². The molecule has 2 aromatic rings. The molecule has 0 unspecified atom stereocenters. The Morgan fingerprint density at radius 2 is 1.67 bits per heavy atom. The van der Waals surface area contributed by atoms with Crippen molar-refractivity contribution in [3.8, 4) is 6.07 Å². The summed E-state index contributed by atoms with van der Waals surface area (Å²) in [5.41, 5.74) is 4.72. The maximum atomic E-state index is 12.9. The van der Waals surface area contributed by atoms with E-state index < -0.39 is 0 Å². The van der Waals surface area contributed by atoms with Crippen LogP contribution in [0.3, 0.4) is 0 Å². The van der Waals surface area contributed by atoms with Crippen LogP contribution < -0.4 is 15.1 Å². The molecule has 0 aliphatic carbocycles. The van der Waals surface area contributed by atoms with Crippen LogP contribution in [0.25, 0.3) is 0 Å². The number of urea groups is 1. The predicted molar refractivity (Wildman–Crippen MR) is 132 cm³/mol. The number of hydrogen-bond donors (Lipinski definition) is 1. The van der Waals surface area contributed by atoms with Crippen LogP contribution in [0.15, 0.2) is 48.5 Å². The van der Waals surface area contributed by atoms with Crippen LogP contribution in [-0.4, -0.2) is 56.2 Å². The second-order valence-corrected chi connectivity index (χ2v) is 9.62. The fourth-order valence-electron chi connectivity index (χ4n) is 5.52. The van der Waals surface area contributed by atoms with Crippen molar-refractivity contribution in [2.24, 2.45) is 5.92 Å². The molecule has 2 saturated heterocycles. The second-order valence-electron chi connectivity index (χ2n) is 9.62. The van der Waals surface area contributed by atoms with E-state index in [1.807, 2.05) is 29.2 Å². The van der Waals surface area contributed by atoms with Crippen LogP contribution in [0.1, 0.15) is 36.8 Å². The number of carbonyl (C=O) groups is 1. The van der Waals surface area contributed by atoms with E-state index in [1.165, 1.54) is 11.3 Å². The number of likely N-dealkylation sites (tertiary alicyclic amines) is 1. The SMILES string of the molecule is N#Cc1ccc(N2CCC(NC(=O)N3CCC(CN4CCc5ccccc54)CC3)CC2)cc1. The molecule has 3 heterocycles. The molecule has 33 heavy (non-hydrogen) atoms. The molecule has 0 saturated carbocycles. The first kappa shape index (κ1) is 21.6. The summed E-state index contributed by atoms with van der Waals surface area (Å²) in [6.07, 6.45) is 5.24. The molecule has 2 fully saturated rings. The van der Waals surface area contributed by atoms with Gasteiger partial charge in [-0.15, -0.1) is 0 Å². The number of amides is 2. The van der Waals surface area contributed by atoms with E-state index in [1.54, 1.807) is 0 Å². The van der Waals surface area contributed by atoms with Crippen LogP contribution in [0.2, 0.25) is 0 Å². The monoisotopic (exact) mass is 443 g/mol. The lowest BCUT2D eigenvalue weighted by molar-refractivity contribution is 0.166. The molecule has 5 rings (SSSR count). The van der Waals surface area contributed by atoms with Gasteiger partial charge >= 0.3 is 6.03 Å². The molecule has 0 bridgehead atoms. The van der Waals surface area contributed by atoms with Crippen molar-refractivity contribution in [1.82, 2.24) is 10.2 Å². The van der Waals surface area contributed by atoms with Gasteiger partial charge in [0.1, 0.15) is 0 Å². The highest BCUT2D eigenvalue weighted by atomic mass is 16.2. The summed E-state index contributed by atoms with van der Waals surface area (Å²) in [5.74, 6) is 0.663. The quantitative estimate of drug-likeness (QED) is 0.776. The van der Waals surface area contributed by atoms with Crippen molar-refractivity contribution in [1.29, 1.82) is 5.26 Å². The maximum Gasteiger partial charge on any atom is 0.317 e. The molecular weight excluding hydrogens is 410 g/mol. The number of nitriles is 1. The number of nitrogens with one attached hydrogen (secondary N) is 1. The Bertz CT molecular complexity index is 998. The third-order valence-corrected chi connectivity index (χ3v) is 7.55. The first-order valence-electron chi connectivity index (χ1n) is 12.3. The van der Waals surface area contributed by atoms with Gasteiger partial charge in [-0.2, -0.15) is 5.26 Å². The summed E-state index contributed by atoms with van der Waals surface area (Å²) < 4.78 is 0. The minimum absolute atomic E-state index is 0.108. The molecule has 2 amide bonds. The predicted octanol–water partition coefficient (Wildman–Crippen LogP) is 4.01. The number of para-hydroxylation sites is 1. The summed E-state index contributed by atoms with van der Waals surface area (Å²) in [5, 5.41) is 12.3. The third-order valence-electron chi connectivity index (χ3n) is 7.55. The van der Waals surface area contributed by atoms with Gasteiger partial charge in [-0.05, 0) is 73.9 Å². The number of piperidine rings is 2. The number of anilines is 2. The Balaban J connectivity index is 1.05. The Hall–Kier alpha value is -3.20. The zero-order chi connectivity index (χ0) is 22.6. The first-order chi connectivity index (χ1) is 16.2. The molecule has 0 atom stereocenters. The van der Waals surface area contributed by atoms with Crippen LogP contribution in [0.5, 0.6) is 0 Å². The Kier molecular flexibility index (Phi) is 6.39. The van der Waals surface area contributed by atoms with Gasteiger partial charge in [-0.3, -0.25) is 0 Å². The summed E-state index contributed by atoms with van der Waals surface area (Å²) in [6, 6.07) is 19.1. The number of nitrogens with zero attached hydrogens (tertiary/aromatic N) is 4. The lowest BCUT2D eigenvalue weighted by Gasteiger charge is -2.37. The minimum Gasteiger partial charge on any atom is -0.371 e. The smallest absolute Gasteiger partial charge is 0.317 e. The van der Waals surface area contributed by atoms with E-state index >= 15 is 0 Å². The second kappa shape index (κ2) is 9.74. The van der Waals surface area contributed by atoms with E-state index in [-0.39, 0.29) is 12.1 Å². The molecule has 0 aromatic heterocycles. The van der Waals surface area contributed by atoms with Gasteiger partial charge in [0.25, 0.3) is 0 Å². The van der Waals surface area contributed by atoms with Gasteiger partial charge in [0.05, 0.1) is 11.6 Å². The van der Waals surface area contributed by atoms with Gasteiger partial charge in [-0.25, -0.2) is 4.79 Å². The van der Waals surface area contributed by atoms with Crippen LogP contribution >= 0.6 is 0 Å². The Morgan fingerprint density at radius 1 is 0.939 bits per heavy atom. The topological polar surface area (TPSA) is 62.6 Å². The molecule has 6 nitrogen and oxygen atoms in total. The van der Waals surface area contributed by atoms with E-state index in [0.29, 0.717) is 11.5 Å². The highest BCUT2D eigenvalue weighted by Gasteiger charge is 2.28. The molecule has 172 valence electrons. The number of hydrogen-bond acceptors (Lipinski definition) is 4. The van der Waals surface area contributed by atoms with E-state index in [4.69, 9.17) is 5.26 Å². The summed E-state index contributed by atoms with van der Waals surface area (Å²) in [7, 11) is 0. The average molecular weight is 444 g/mol. The fourth-order valence-corrected chi connectivity index (χ4v) is 5.52. The normalized spacial score (nSPS) is 19.3. The van der Waals surface area contributed by atoms with Crippen molar-refractivity contribution in [2.75, 3.05) is 49.1 Å². The number of fused-ring (bicyclic) bond motifs is 1. The Labute approximate surface area is 196 Å². The van der Waals surface area contributed by atoms with Crippen molar-refractivity contribution in [3.05, 3.63) is 59.7 Å². The van der Waals surface area contributed by atoms with Gasteiger partial charge < -0.3 is 20.0 Å². The third kappa shape index (κ3) is 4.93. The van der Waals surface area contributed by atoms with Crippen LogP contribution in [0.4, 0.5) is 16.2 Å². The summed E-state index contributed by atoms with van der Waals surface area (Å²) in [6.45, 7) is 5.81. The van der Waals surface area contributed by atoms with Gasteiger partial charge in [-0.1, -0.05) is 18.2 Å². The molecule has 2 aromatic carbocycles. The molecule has 0 radical (unpaired) electrons. The van der Waals surface area contributed by atoms with Crippen molar-refractivity contribution >= 4 is 17.4 Å². The molecule has 1 N–H and O–H groups in total. The largest absolute Gasteiger partial charge is 0.371 e. The molecule has 6 heteroatoms. The van der Waals surface area contributed by atoms with Crippen LogP contribution in [0, 0.1) is 17.2 Å². The van der Waals surface area contributed by atoms with Gasteiger partial charge in [0, 0.05) is 56.7 Å². The van der Waals surface area contributed by atoms with E-state index in [2.05, 4.69) is 45.5 Å². The number of carbonyl (C=O) groups excluding carboxylic acids is 1. The average Bonchev–Trinajstić information content (AvgIpc) is 3.28.